The molecule has 2 N–H and O–H groups in total. The van der Waals surface area contributed by atoms with Gasteiger partial charge >= 0.3 is 0 Å². The SMILES string of the molecule is CC(C)Cn1cnc(-c2cc(Cl)c3c(c2)OCCO3)c1N. The van der Waals surface area contributed by atoms with Gasteiger partial charge in [-0.15, -0.1) is 0 Å². The van der Waals surface area contributed by atoms with Crippen molar-refractivity contribution in [1.82, 2.24) is 9.55 Å². The third-order valence-electron chi connectivity index (χ3n) is 3.31. The summed E-state index contributed by atoms with van der Waals surface area (Å²) in [6, 6.07) is 3.69. The first-order valence-electron chi connectivity index (χ1n) is 6.96. The second-order valence-corrected chi connectivity index (χ2v) is 5.91. The minimum Gasteiger partial charge on any atom is -0.486 e. The highest BCUT2D eigenvalue weighted by Crippen LogP contribution is 2.41. The molecule has 112 valence electrons. The Morgan fingerprint density at radius 2 is 2.10 bits per heavy atom. The molecule has 0 fully saturated rings. The van der Waals surface area contributed by atoms with Crippen LogP contribution in [0.5, 0.6) is 11.5 Å². The smallest absolute Gasteiger partial charge is 0.179 e. The molecular weight excluding hydrogens is 290 g/mol. The highest BCUT2D eigenvalue weighted by Gasteiger charge is 2.19. The number of imidazole rings is 1. The van der Waals surface area contributed by atoms with Crippen molar-refractivity contribution in [3.05, 3.63) is 23.5 Å². The van der Waals surface area contributed by atoms with Crippen molar-refractivity contribution in [1.29, 1.82) is 0 Å². The monoisotopic (exact) mass is 307 g/mol. The number of rotatable bonds is 3. The topological polar surface area (TPSA) is 62.3 Å². The standard InChI is InChI=1S/C15H18ClN3O2/c1-9(2)7-19-8-18-13(15(19)17)10-5-11(16)14-12(6-10)20-3-4-21-14/h5-6,8-9H,3-4,7,17H2,1-2H3. The Hall–Kier alpha value is -1.88. The van der Waals surface area contributed by atoms with Gasteiger partial charge in [0.15, 0.2) is 11.5 Å². The van der Waals surface area contributed by atoms with E-state index in [1.807, 2.05) is 16.7 Å². The van der Waals surface area contributed by atoms with Crippen molar-refractivity contribution >= 4 is 17.4 Å². The van der Waals surface area contributed by atoms with Crippen LogP contribution in [0.15, 0.2) is 18.5 Å². The molecule has 0 bridgehead atoms. The van der Waals surface area contributed by atoms with Crippen LogP contribution in [-0.2, 0) is 6.54 Å². The van der Waals surface area contributed by atoms with E-state index < -0.39 is 0 Å². The van der Waals surface area contributed by atoms with E-state index in [2.05, 4.69) is 18.8 Å². The van der Waals surface area contributed by atoms with E-state index in [-0.39, 0.29) is 0 Å². The summed E-state index contributed by atoms with van der Waals surface area (Å²) >= 11 is 6.26. The minimum atomic E-state index is 0.498. The number of anilines is 1. The van der Waals surface area contributed by atoms with E-state index in [0.717, 1.165) is 17.8 Å². The van der Waals surface area contributed by atoms with E-state index in [1.165, 1.54) is 0 Å². The van der Waals surface area contributed by atoms with E-state index in [0.29, 0.717) is 41.5 Å². The average Bonchev–Trinajstić information content (AvgIpc) is 2.79. The van der Waals surface area contributed by atoms with Gasteiger partial charge in [-0.3, -0.25) is 0 Å². The number of aromatic nitrogens is 2. The van der Waals surface area contributed by atoms with Crippen LogP contribution >= 0.6 is 11.6 Å². The van der Waals surface area contributed by atoms with Crippen molar-refractivity contribution in [2.45, 2.75) is 20.4 Å². The summed E-state index contributed by atoms with van der Waals surface area (Å²) in [6.45, 7) is 6.14. The van der Waals surface area contributed by atoms with Crippen LogP contribution < -0.4 is 15.2 Å². The molecule has 0 spiro atoms. The molecule has 2 heterocycles. The highest BCUT2D eigenvalue weighted by atomic mass is 35.5. The highest BCUT2D eigenvalue weighted by molar-refractivity contribution is 6.32. The summed E-state index contributed by atoms with van der Waals surface area (Å²) in [5.41, 5.74) is 7.75. The molecular formula is C15H18ClN3O2. The molecule has 0 saturated heterocycles. The lowest BCUT2D eigenvalue weighted by atomic mass is 10.1. The fourth-order valence-corrected chi connectivity index (χ4v) is 2.67. The van der Waals surface area contributed by atoms with E-state index in [1.54, 1.807) is 6.33 Å². The lowest BCUT2D eigenvalue weighted by Gasteiger charge is -2.20. The van der Waals surface area contributed by atoms with Gasteiger partial charge in [-0.05, 0) is 18.1 Å². The molecule has 1 aliphatic rings. The second-order valence-electron chi connectivity index (χ2n) is 5.51. The van der Waals surface area contributed by atoms with Crippen LogP contribution in [0.25, 0.3) is 11.3 Å². The van der Waals surface area contributed by atoms with Gasteiger partial charge in [0.2, 0.25) is 0 Å². The normalized spacial score (nSPS) is 13.7. The summed E-state index contributed by atoms with van der Waals surface area (Å²) in [6.07, 6.45) is 1.76. The molecule has 0 aliphatic carbocycles. The van der Waals surface area contributed by atoms with Crippen LogP contribution in [0.3, 0.4) is 0 Å². The first-order chi connectivity index (χ1) is 10.1. The molecule has 6 heteroatoms. The van der Waals surface area contributed by atoms with Gasteiger partial charge in [-0.1, -0.05) is 25.4 Å². The van der Waals surface area contributed by atoms with E-state index >= 15 is 0 Å². The summed E-state index contributed by atoms with van der Waals surface area (Å²) in [5, 5.41) is 0.514. The first-order valence-corrected chi connectivity index (χ1v) is 7.34. The molecule has 0 atom stereocenters. The summed E-state index contributed by atoms with van der Waals surface area (Å²) in [5.74, 6) is 2.36. The largest absolute Gasteiger partial charge is 0.486 e. The Morgan fingerprint density at radius 3 is 2.86 bits per heavy atom. The van der Waals surface area contributed by atoms with Crippen LogP contribution in [0, 0.1) is 5.92 Å². The fraction of sp³-hybridized carbons (Fsp3) is 0.400. The molecule has 1 aromatic carbocycles. The number of benzene rings is 1. The predicted octanol–water partition coefficient (Wildman–Crippen LogP) is 3.21. The molecule has 0 amide bonds. The molecule has 5 nitrogen and oxygen atoms in total. The van der Waals surface area contributed by atoms with Gasteiger partial charge < -0.3 is 19.8 Å². The summed E-state index contributed by atoms with van der Waals surface area (Å²) in [7, 11) is 0. The Labute approximate surface area is 128 Å². The number of halogens is 1. The van der Waals surface area contributed by atoms with Gasteiger partial charge in [-0.25, -0.2) is 4.98 Å². The minimum absolute atomic E-state index is 0.498. The average molecular weight is 308 g/mol. The van der Waals surface area contributed by atoms with Crippen molar-refractivity contribution in [3.63, 3.8) is 0 Å². The van der Waals surface area contributed by atoms with E-state index in [9.17, 15) is 0 Å². The fourth-order valence-electron chi connectivity index (χ4n) is 2.40. The zero-order valence-corrected chi connectivity index (χ0v) is 12.9. The van der Waals surface area contributed by atoms with Crippen molar-refractivity contribution in [2.75, 3.05) is 18.9 Å². The van der Waals surface area contributed by atoms with E-state index in [4.69, 9.17) is 26.8 Å². The third kappa shape index (κ3) is 2.65. The lowest BCUT2D eigenvalue weighted by molar-refractivity contribution is 0.172. The van der Waals surface area contributed by atoms with Crippen LogP contribution in [-0.4, -0.2) is 22.8 Å². The first kappa shape index (κ1) is 14.1. The van der Waals surface area contributed by atoms with Gasteiger partial charge in [-0.2, -0.15) is 0 Å². The number of nitrogen functional groups attached to an aromatic ring is 1. The number of nitrogens with zero attached hydrogens (tertiary/aromatic N) is 2. The Kier molecular flexibility index (Phi) is 3.68. The molecule has 1 aliphatic heterocycles. The summed E-state index contributed by atoms with van der Waals surface area (Å²) < 4.78 is 13.1. The zero-order valence-electron chi connectivity index (χ0n) is 12.1. The second kappa shape index (κ2) is 5.48. The Bertz CT molecular complexity index is 667. The van der Waals surface area contributed by atoms with Gasteiger partial charge in [0.25, 0.3) is 0 Å². The van der Waals surface area contributed by atoms with Crippen molar-refractivity contribution in [3.8, 4) is 22.8 Å². The number of hydrogen-bond donors (Lipinski definition) is 1. The van der Waals surface area contributed by atoms with Crippen molar-refractivity contribution in [2.24, 2.45) is 5.92 Å². The maximum Gasteiger partial charge on any atom is 0.179 e. The number of nitrogens with two attached hydrogens (primary N) is 1. The third-order valence-corrected chi connectivity index (χ3v) is 3.59. The Morgan fingerprint density at radius 1 is 1.33 bits per heavy atom. The van der Waals surface area contributed by atoms with Gasteiger partial charge in [0.05, 0.1) is 11.3 Å². The molecule has 0 radical (unpaired) electrons. The van der Waals surface area contributed by atoms with Gasteiger partial charge in [0.1, 0.15) is 24.7 Å². The van der Waals surface area contributed by atoms with Gasteiger partial charge in [0, 0.05) is 12.1 Å². The molecule has 0 saturated carbocycles. The Balaban J connectivity index is 2.01. The molecule has 2 aromatic rings. The quantitative estimate of drug-likeness (QED) is 0.945. The maximum atomic E-state index is 6.26. The summed E-state index contributed by atoms with van der Waals surface area (Å²) in [4.78, 5) is 4.41. The van der Waals surface area contributed by atoms with Crippen molar-refractivity contribution < 1.29 is 9.47 Å². The number of hydrogen-bond acceptors (Lipinski definition) is 4. The molecule has 0 unspecified atom stereocenters. The maximum absolute atomic E-state index is 6.26. The van der Waals surface area contributed by atoms with Crippen LogP contribution in [0.2, 0.25) is 5.02 Å². The lowest BCUT2D eigenvalue weighted by Crippen LogP contribution is -2.15. The number of ether oxygens (including phenoxy) is 2. The molecule has 1 aromatic heterocycles. The zero-order chi connectivity index (χ0) is 15.0. The predicted molar refractivity (Wildman–Crippen MR) is 82.9 cm³/mol. The molecule has 21 heavy (non-hydrogen) atoms. The van der Waals surface area contributed by atoms with Crippen LogP contribution in [0.1, 0.15) is 13.8 Å². The van der Waals surface area contributed by atoms with Crippen LogP contribution in [0.4, 0.5) is 5.82 Å². The number of fused-ring (bicyclic) bond motifs is 1. The molecule has 3 rings (SSSR count).